The van der Waals surface area contributed by atoms with E-state index in [-0.39, 0.29) is 74.0 Å². The molecule has 2 N–H and O–H groups in total. The molecule has 8 heavy (non-hydrogen) atoms. The van der Waals surface area contributed by atoms with Gasteiger partial charge in [-0.25, -0.2) is 0 Å². The minimum Gasteiger partial charge on any atom is -1.00 e. The van der Waals surface area contributed by atoms with Crippen molar-refractivity contribution in [1.29, 1.82) is 0 Å². The van der Waals surface area contributed by atoms with Gasteiger partial charge in [0.1, 0.15) is 0 Å². The van der Waals surface area contributed by atoms with Crippen LogP contribution in [0.25, 0.3) is 0 Å². The van der Waals surface area contributed by atoms with Crippen molar-refractivity contribution in [3.8, 4) is 0 Å². The minimum absolute atomic E-state index is 0. The van der Waals surface area contributed by atoms with Crippen LogP contribution < -0.4 is 59.1 Å². The molecule has 0 amide bonds. The first-order chi connectivity index (χ1) is 2.00. The molecule has 0 unspecified atom stereocenters. The van der Waals surface area contributed by atoms with Crippen molar-refractivity contribution in [2.75, 3.05) is 0 Å². The molecule has 0 aliphatic rings. The average Bonchev–Trinajstić information content (AvgIpc) is 0.722. The van der Waals surface area contributed by atoms with Crippen LogP contribution in [0.3, 0.4) is 0 Å². The Kier molecular flexibility index (Phi) is 25.9. The molecule has 0 atom stereocenters. The van der Waals surface area contributed by atoms with Gasteiger partial charge in [0.2, 0.25) is 0 Å². The second-order valence-electron chi connectivity index (χ2n) is 0.448. The first-order valence-corrected chi connectivity index (χ1v) is 2.10. The van der Waals surface area contributed by atoms with E-state index in [4.69, 9.17) is 17.5 Å². The van der Waals surface area contributed by atoms with E-state index in [0.717, 1.165) is 0 Å². The molecule has 0 radical (unpaired) electrons. The summed E-state index contributed by atoms with van der Waals surface area (Å²) >= 11 is 0. The van der Waals surface area contributed by atoms with Crippen LogP contribution in [-0.2, 0) is 23.9 Å². The summed E-state index contributed by atoms with van der Waals surface area (Å²) in [5.74, 6) is 0. The molecule has 0 saturated carbocycles. The molecule has 8 heteroatoms. The Bertz CT molecular complexity index is 99.7. The Hall–Kier alpha value is 2.22. The van der Waals surface area contributed by atoms with Crippen molar-refractivity contribution in [1.82, 2.24) is 0 Å². The van der Waals surface area contributed by atoms with E-state index < -0.39 is 10.4 Å². The molecule has 0 heterocycles. The number of hydrogen-bond acceptors (Lipinski definition) is 3. The van der Waals surface area contributed by atoms with Gasteiger partial charge in [0.15, 0.2) is 0 Å². The van der Waals surface area contributed by atoms with Crippen molar-refractivity contribution in [2.24, 2.45) is 0 Å². The Labute approximate surface area is 101 Å². The third kappa shape index (κ3) is 86.9. The fraction of sp³-hybridized carbons (Fsp3) is 0. The summed E-state index contributed by atoms with van der Waals surface area (Å²) in [6.07, 6.45) is 0. The van der Waals surface area contributed by atoms with Crippen molar-refractivity contribution in [3.05, 3.63) is 0 Å². The van der Waals surface area contributed by atoms with Gasteiger partial charge in [0.25, 0.3) is 0 Å². The molecule has 0 aromatic heterocycles. The van der Waals surface area contributed by atoms with Crippen LogP contribution in [0.15, 0.2) is 0 Å². The summed E-state index contributed by atoms with van der Waals surface area (Å²) in [4.78, 5) is 0. The van der Waals surface area contributed by atoms with Gasteiger partial charge in [-0.3, -0.25) is 9.11 Å². The predicted octanol–water partition coefficient (Wildman–Crippen LogP) is -6.80. The third-order valence-electron chi connectivity index (χ3n) is 0. The Morgan fingerprint density at radius 3 is 1.12 bits per heavy atom. The molecule has 4 nitrogen and oxygen atoms in total. The average molecular weight is 178 g/mol. The van der Waals surface area contributed by atoms with Gasteiger partial charge in [-0.1, -0.05) is 0 Å². The van der Waals surface area contributed by atoms with E-state index >= 15 is 0 Å². The Balaban J connectivity index is -0.0000000133. The molecule has 0 aliphatic heterocycles. The van der Waals surface area contributed by atoms with Crippen LogP contribution in [0.4, 0.5) is 0 Å². The van der Waals surface area contributed by atoms with Gasteiger partial charge >= 0.3 is 69.5 Å². The third-order valence-corrected chi connectivity index (χ3v) is 0. The van der Waals surface area contributed by atoms with E-state index in [1.54, 1.807) is 0 Å². The van der Waals surface area contributed by atoms with E-state index in [9.17, 15) is 0 Å². The van der Waals surface area contributed by atoms with Gasteiger partial charge in [-0.2, -0.15) is 8.42 Å². The molecule has 0 fully saturated rings. The van der Waals surface area contributed by atoms with Crippen LogP contribution in [0, 0.1) is 0 Å². The molecular weight excluding hydrogens is 174 g/mol. The molecule has 0 aromatic carbocycles. The van der Waals surface area contributed by atoms with Crippen molar-refractivity contribution in [2.45, 2.75) is 0 Å². The fourth-order valence-electron chi connectivity index (χ4n) is 0. The molecule has 0 rings (SSSR count). The predicted molar refractivity (Wildman–Crippen MR) is 24.0 cm³/mol. The summed E-state index contributed by atoms with van der Waals surface area (Å²) in [6.45, 7) is 0. The normalized spacial score (nSPS) is 7.25. The van der Waals surface area contributed by atoms with Crippen LogP contribution in [0.2, 0.25) is 0 Å². The fourth-order valence-corrected chi connectivity index (χ4v) is 0. The second-order valence-corrected chi connectivity index (χ2v) is 1.34. The first kappa shape index (κ1) is 22.5. The quantitative estimate of drug-likeness (QED) is 0.167. The van der Waals surface area contributed by atoms with Crippen LogP contribution in [0.5, 0.6) is 0 Å². The van der Waals surface area contributed by atoms with Crippen LogP contribution in [-0.4, -0.2) is 17.5 Å². The second kappa shape index (κ2) is 9.22. The van der Waals surface area contributed by atoms with E-state index in [1.165, 1.54) is 0 Å². The first-order valence-electron chi connectivity index (χ1n) is 0.698. The topological polar surface area (TPSA) is 74.6 Å². The van der Waals surface area contributed by atoms with Crippen molar-refractivity contribution >= 4 is 23.9 Å². The SMILES string of the molecule is O=S(=O)(O)O.[H-].[Na+].[Na+].[SH-]. The largest absolute Gasteiger partial charge is 1.00 e. The van der Waals surface area contributed by atoms with Crippen LogP contribution in [0.1, 0.15) is 1.43 Å². The minimum atomic E-state index is -4.67. The van der Waals surface area contributed by atoms with E-state index in [0.29, 0.717) is 0 Å². The zero-order valence-corrected chi connectivity index (χ0v) is 10.3. The summed E-state index contributed by atoms with van der Waals surface area (Å²) in [6, 6.07) is 0. The van der Waals surface area contributed by atoms with Gasteiger partial charge in [0.05, 0.1) is 0 Å². The standard InChI is InChI=1S/2Na.H2O4S.H2S.H/c;;1-5(2,3)4;;/h;;(H2,1,2,3,4);1H2;/q2*+1;;;-1/p-1. The zero-order chi connectivity index (χ0) is 4.50. The van der Waals surface area contributed by atoms with E-state index in [2.05, 4.69) is 0 Å². The molecule has 0 spiro atoms. The zero-order valence-electron chi connectivity index (χ0n) is 5.57. The Morgan fingerprint density at radius 1 is 1.12 bits per heavy atom. The van der Waals surface area contributed by atoms with E-state index in [1.807, 2.05) is 0 Å². The number of hydrogen-bond donors (Lipinski definition) is 2. The molecule has 0 aliphatic carbocycles. The van der Waals surface area contributed by atoms with Crippen molar-refractivity contribution in [3.63, 3.8) is 0 Å². The molecular formula is H4Na2O4S2. The molecule has 0 aromatic rings. The van der Waals surface area contributed by atoms with Gasteiger partial charge in [0, 0.05) is 0 Å². The summed E-state index contributed by atoms with van der Waals surface area (Å²) in [7, 11) is -4.67. The summed E-state index contributed by atoms with van der Waals surface area (Å²) in [5.41, 5.74) is 0. The maximum Gasteiger partial charge on any atom is 1.00 e. The molecule has 0 saturated heterocycles. The molecule has 42 valence electrons. The monoisotopic (exact) mass is 178 g/mol. The van der Waals surface area contributed by atoms with Gasteiger partial charge in [-0.05, 0) is 0 Å². The molecule has 0 bridgehead atoms. The Morgan fingerprint density at radius 2 is 1.12 bits per heavy atom. The van der Waals surface area contributed by atoms with Crippen molar-refractivity contribution < 1.29 is 78.1 Å². The number of thiol groups is 1. The number of rotatable bonds is 0. The van der Waals surface area contributed by atoms with Crippen LogP contribution >= 0.6 is 0 Å². The van der Waals surface area contributed by atoms with Gasteiger partial charge in [-0.15, -0.1) is 0 Å². The summed E-state index contributed by atoms with van der Waals surface area (Å²) < 4.78 is 31.6. The maximum absolute atomic E-state index is 8.74. The smallest absolute Gasteiger partial charge is 1.00 e. The van der Waals surface area contributed by atoms with Gasteiger partial charge < -0.3 is 14.9 Å². The maximum atomic E-state index is 8.74. The summed E-state index contributed by atoms with van der Waals surface area (Å²) in [5, 5.41) is 0.